The van der Waals surface area contributed by atoms with Crippen LogP contribution < -0.4 is 0 Å². The molecule has 0 aromatic rings. The third-order valence-electron chi connectivity index (χ3n) is 1.33. The molecule has 0 unspecified atom stereocenters. The van der Waals surface area contributed by atoms with Crippen LogP contribution in [0.2, 0.25) is 0 Å². The van der Waals surface area contributed by atoms with Gasteiger partial charge in [-0.2, -0.15) is 0 Å². The molecule has 0 aromatic heterocycles. The third kappa shape index (κ3) is 7.34. The summed E-state index contributed by atoms with van der Waals surface area (Å²) in [6.07, 6.45) is 3.75. The van der Waals surface area contributed by atoms with E-state index in [1.807, 2.05) is 0 Å². The Morgan fingerprint density at radius 3 is 2.73 bits per heavy atom. The van der Waals surface area contributed by atoms with Gasteiger partial charge in [0.1, 0.15) is 0 Å². The maximum absolute atomic E-state index is 8.63. The lowest BCUT2D eigenvalue weighted by Crippen LogP contribution is -1.80. The van der Waals surface area contributed by atoms with Crippen molar-refractivity contribution < 1.29 is 13.3 Å². The van der Waals surface area contributed by atoms with Crippen LogP contribution in [0, 0.1) is 0 Å². The van der Waals surface area contributed by atoms with E-state index in [0.717, 1.165) is 5.57 Å². The van der Waals surface area contributed by atoms with Gasteiger partial charge in [-0.15, -0.1) is 0 Å². The first-order valence-electron chi connectivity index (χ1n) is 6.56. The molecule has 0 aliphatic rings. The van der Waals surface area contributed by atoms with Crippen molar-refractivity contribution in [3.63, 3.8) is 0 Å². The van der Waals surface area contributed by atoms with Gasteiger partial charge in [-0.25, -0.2) is 0 Å². The molecule has 0 heterocycles. The highest BCUT2D eigenvalue weighted by molar-refractivity contribution is 5.01. The Labute approximate surface area is 77.9 Å². The number of aliphatic hydroxyl groups is 1. The Morgan fingerprint density at radius 2 is 2.18 bits per heavy atom. The van der Waals surface area contributed by atoms with Crippen LogP contribution >= 0.6 is 0 Å². The molecule has 1 N–H and O–H groups in total. The number of aliphatic hydroxyl groups excluding tert-OH is 1. The Kier molecular flexibility index (Phi) is 2.19. The van der Waals surface area contributed by atoms with Crippen molar-refractivity contribution in [1.29, 1.82) is 0 Å². The number of hydrogen-bond donors (Lipinski definition) is 1. The van der Waals surface area contributed by atoms with Gasteiger partial charge in [0, 0.05) is 8.22 Å². The molecule has 0 saturated heterocycles. The van der Waals surface area contributed by atoms with Crippen LogP contribution in [0.4, 0.5) is 0 Å². The molecule has 0 aliphatic carbocycles. The second-order valence-corrected chi connectivity index (χ2v) is 2.39. The highest BCUT2D eigenvalue weighted by atomic mass is 16.2. The van der Waals surface area contributed by atoms with E-state index in [4.69, 9.17) is 13.3 Å². The first kappa shape index (κ1) is 3.90. The van der Waals surface area contributed by atoms with Crippen molar-refractivity contribution in [3.8, 4) is 0 Å². The van der Waals surface area contributed by atoms with E-state index in [1.54, 1.807) is 13.0 Å². The maximum atomic E-state index is 8.63. The van der Waals surface area contributed by atoms with E-state index in [2.05, 4.69) is 0 Å². The average molecular weight is 160 g/mol. The predicted molar refractivity (Wildman–Crippen MR) is 49.5 cm³/mol. The molecule has 0 atom stereocenters. The quantitative estimate of drug-likeness (QED) is 0.627. The first-order valence-corrected chi connectivity index (χ1v) is 3.56. The smallest absolute Gasteiger partial charge is 0.0614 e. The van der Waals surface area contributed by atoms with E-state index in [9.17, 15) is 0 Å². The van der Waals surface area contributed by atoms with Gasteiger partial charge in [-0.1, -0.05) is 23.3 Å². The van der Waals surface area contributed by atoms with E-state index in [-0.39, 0.29) is 6.61 Å². The second kappa shape index (κ2) is 6.17. The molecule has 1 heteroatoms. The summed E-state index contributed by atoms with van der Waals surface area (Å²) in [5, 5.41) is 8.63. The molecule has 0 bridgehead atoms. The fourth-order valence-electron chi connectivity index (χ4n) is 0.702. The van der Waals surface area contributed by atoms with E-state index in [0.29, 0.717) is 12.8 Å². The maximum Gasteiger partial charge on any atom is 0.0614 e. The molecule has 0 aromatic carbocycles. The molecule has 0 amide bonds. The van der Waals surface area contributed by atoms with Crippen molar-refractivity contribution in [3.05, 3.63) is 23.3 Å². The summed E-state index contributed by atoms with van der Waals surface area (Å²) in [5.74, 6) is 0. The Balaban J connectivity index is 4.70. The van der Waals surface area contributed by atoms with Gasteiger partial charge in [0.25, 0.3) is 0 Å². The van der Waals surface area contributed by atoms with Crippen LogP contribution in [-0.2, 0) is 0 Å². The summed E-state index contributed by atoms with van der Waals surface area (Å²) >= 11 is 0. The molecule has 0 spiro atoms. The Morgan fingerprint density at radius 1 is 1.45 bits per heavy atom. The van der Waals surface area contributed by atoms with Gasteiger partial charge in [0.15, 0.2) is 0 Å². The summed E-state index contributed by atoms with van der Waals surface area (Å²) in [6, 6.07) is 0. The highest BCUT2D eigenvalue weighted by Gasteiger charge is 1.86. The van der Waals surface area contributed by atoms with Crippen LogP contribution in [-0.4, -0.2) is 11.7 Å². The molecule has 0 aliphatic heterocycles. The zero-order valence-electron chi connectivity index (χ0n) is 12.7. The summed E-state index contributed by atoms with van der Waals surface area (Å²) in [4.78, 5) is 0. The van der Waals surface area contributed by atoms with Crippen LogP contribution in [0.25, 0.3) is 0 Å². The van der Waals surface area contributed by atoms with Gasteiger partial charge in [0.05, 0.1) is 6.61 Å². The first-order chi connectivity index (χ1) is 7.59. The minimum Gasteiger partial charge on any atom is -0.392 e. The number of hydrogen-bond acceptors (Lipinski definition) is 1. The highest BCUT2D eigenvalue weighted by Crippen LogP contribution is 2.05. The van der Waals surface area contributed by atoms with E-state index in [1.165, 1.54) is 6.08 Å². The fourth-order valence-corrected chi connectivity index (χ4v) is 0.702. The summed E-state index contributed by atoms with van der Waals surface area (Å²) < 4.78 is 43.0. The van der Waals surface area contributed by atoms with Crippen LogP contribution in [0.3, 0.4) is 0 Å². The molecule has 64 valence electrons. The minimum absolute atomic E-state index is 0.0685. The topological polar surface area (TPSA) is 20.2 Å². The summed E-state index contributed by atoms with van der Waals surface area (Å²) in [7, 11) is 0. The van der Waals surface area contributed by atoms with E-state index < -0.39 is 19.3 Å². The molecule has 0 rings (SSSR count). The largest absolute Gasteiger partial charge is 0.392 e. The Bertz CT molecular complexity index is 281. The molecule has 0 fully saturated rings. The molecular weight excluding hydrogens is 136 g/mol. The van der Waals surface area contributed by atoms with E-state index >= 15 is 0 Å². The monoisotopic (exact) mass is 160 g/mol. The van der Waals surface area contributed by atoms with Crippen LogP contribution in [0.1, 0.15) is 41.7 Å². The molecule has 0 saturated carbocycles. The van der Waals surface area contributed by atoms with Gasteiger partial charge in [0.2, 0.25) is 0 Å². The number of allylic oxidation sites excluding steroid dienone is 3. The number of rotatable bonds is 4. The fraction of sp³-hybridized carbons (Fsp3) is 0.600. The van der Waals surface area contributed by atoms with Gasteiger partial charge < -0.3 is 5.11 Å². The second-order valence-electron chi connectivity index (χ2n) is 2.39. The minimum atomic E-state index is -2.58. The van der Waals surface area contributed by atoms with Crippen LogP contribution in [0.5, 0.6) is 0 Å². The molecule has 1 nitrogen and oxygen atoms in total. The summed E-state index contributed by atoms with van der Waals surface area (Å²) in [5.41, 5.74) is 0.418. The average Bonchev–Trinajstić information content (AvgIpc) is 2.08. The molecule has 0 radical (unpaired) electrons. The predicted octanol–water partition coefficient (Wildman–Crippen LogP) is 2.67. The standard InChI is InChI=1S/C10H18O/c1-9(2)5-4-6-10(3)7-8-11/h5,7,11H,4,6,8H2,1-3H3/b10-7+/i1D3,2D3. The van der Waals surface area contributed by atoms with Crippen molar-refractivity contribution in [2.75, 3.05) is 6.61 Å². The van der Waals surface area contributed by atoms with Gasteiger partial charge >= 0.3 is 0 Å². The lowest BCUT2D eigenvalue weighted by molar-refractivity contribution is 0.341. The van der Waals surface area contributed by atoms with Crippen LogP contribution in [0.15, 0.2) is 23.3 Å². The van der Waals surface area contributed by atoms with Crippen molar-refractivity contribution in [2.24, 2.45) is 0 Å². The SMILES string of the molecule is [2H]C([2H])([2H])C(=CCC/C(C)=C/CO)C([2H])([2H])[2H]. The molecular formula is C10H18O. The third-order valence-corrected chi connectivity index (χ3v) is 1.33. The zero-order valence-corrected chi connectivity index (χ0v) is 6.72. The Hall–Kier alpha value is -0.560. The lowest BCUT2D eigenvalue weighted by atomic mass is 10.1. The normalized spacial score (nSPS) is 21.8. The van der Waals surface area contributed by atoms with Crippen molar-refractivity contribution in [1.82, 2.24) is 0 Å². The van der Waals surface area contributed by atoms with Crippen molar-refractivity contribution >= 4 is 0 Å². The lowest BCUT2D eigenvalue weighted by Gasteiger charge is -1.96. The van der Waals surface area contributed by atoms with Crippen molar-refractivity contribution in [2.45, 2.75) is 33.5 Å². The zero-order chi connectivity index (χ0) is 13.7. The molecule has 11 heavy (non-hydrogen) atoms. The summed E-state index contributed by atoms with van der Waals surface area (Å²) in [6.45, 7) is -3.44. The van der Waals surface area contributed by atoms with Gasteiger partial charge in [-0.3, -0.25) is 0 Å². The van der Waals surface area contributed by atoms with Gasteiger partial charge in [-0.05, 0) is 33.5 Å².